The van der Waals surface area contributed by atoms with Gasteiger partial charge in [0, 0.05) is 50.0 Å². The van der Waals surface area contributed by atoms with Gasteiger partial charge in [-0.15, -0.1) is 5.10 Å². The first-order chi connectivity index (χ1) is 27.4. The van der Waals surface area contributed by atoms with Crippen LogP contribution in [0.15, 0.2) is 30.5 Å². The molecule has 0 spiro atoms. The van der Waals surface area contributed by atoms with Crippen molar-refractivity contribution in [1.82, 2.24) is 30.1 Å². The Bertz CT molecular complexity index is 1710. The molecule has 3 aliphatic rings. The van der Waals surface area contributed by atoms with E-state index >= 15 is 0 Å². The van der Waals surface area contributed by atoms with Crippen molar-refractivity contribution in [2.24, 2.45) is 11.8 Å². The largest absolute Gasteiger partial charge is 0.458 e. The third-order valence-electron chi connectivity index (χ3n) is 12.5. The van der Waals surface area contributed by atoms with Gasteiger partial charge in [-0.3, -0.25) is 19.2 Å². The van der Waals surface area contributed by atoms with Crippen LogP contribution in [-0.4, -0.2) is 142 Å². The highest BCUT2D eigenvalue weighted by molar-refractivity contribution is 5.99. The molecule has 0 saturated carbocycles. The molecule has 3 fully saturated rings. The number of anilines is 1. The number of methoxy groups -OCH3 is 1. The summed E-state index contributed by atoms with van der Waals surface area (Å²) in [5.74, 6) is -2.27. The van der Waals surface area contributed by atoms with Gasteiger partial charge in [0.1, 0.15) is 29.6 Å². The zero-order valence-corrected chi connectivity index (χ0v) is 36.1. The number of esters is 1. The van der Waals surface area contributed by atoms with Crippen LogP contribution in [0.1, 0.15) is 87.0 Å². The van der Waals surface area contributed by atoms with E-state index in [9.17, 15) is 19.5 Å². The Labute approximate surface area is 343 Å². The maximum absolute atomic E-state index is 14.0. The van der Waals surface area contributed by atoms with Crippen molar-refractivity contribution in [1.29, 1.82) is 0 Å². The molecule has 3 aliphatic heterocycles. The highest BCUT2D eigenvalue weighted by atomic mass is 16.7. The van der Waals surface area contributed by atoms with Gasteiger partial charge in [0.2, 0.25) is 0 Å². The van der Waals surface area contributed by atoms with Crippen molar-refractivity contribution < 1.29 is 43.2 Å². The Balaban J connectivity index is 1.35. The number of carbonyl (C=O) groups is 3. The number of unbranched alkanes of at least 4 members (excludes halogenated alkanes) is 1. The van der Waals surface area contributed by atoms with Crippen LogP contribution >= 0.6 is 0 Å². The van der Waals surface area contributed by atoms with Crippen molar-refractivity contribution in [2.75, 3.05) is 40.0 Å². The molecule has 16 heteroatoms. The van der Waals surface area contributed by atoms with Gasteiger partial charge in [-0.2, -0.15) is 0 Å². The molecular weight excluding hydrogens is 747 g/mol. The number of aliphatic hydroxyl groups excluding tert-OH is 1. The number of rotatable bonds is 11. The van der Waals surface area contributed by atoms with E-state index in [-0.39, 0.29) is 30.5 Å². The maximum Gasteiger partial charge on any atom is 0.410 e. The van der Waals surface area contributed by atoms with Gasteiger partial charge in [-0.1, -0.05) is 31.2 Å². The highest BCUT2D eigenvalue weighted by Crippen LogP contribution is 2.39. The molecule has 1 amide bonds. The molecule has 2 unspecified atom stereocenters. The molecule has 1 aromatic heterocycles. The van der Waals surface area contributed by atoms with Gasteiger partial charge in [0.15, 0.2) is 11.9 Å². The van der Waals surface area contributed by atoms with Crippen LogP contribution in [0.4, 0.5) is 10.5 Å². The molecule has 1 aromatic carbocycles. The van der Waals surface area contributed by atoms with E-state index in [1.54, 1.807) is 16.7 Å². The number of hydrogen-bond acceptors (Lipinski definition) is 14. The molecule has 4 heterocycles. The number of cyclic esters (lactones) is 1. The number of Topliss-reactive ketones (excluding diaryl/α,β-unsaturated/α-hetero) is 1. The first kappa shape index (κ1) is 45.4. The Hall–Kier alpha value is -3.67. The summed E-state index contributed by atoms with van der Waals surface area (Å²) < 4.78 is 33.0. The van der Waals surface area contributed by atoms with Crippen LogP contribution < -0.4 is 11.1 Å². The number of hydrogen-bond donors (Lipinski definition) is 3. The van der Waals surface area contributed by atoms with Crippen molar-refractivity contribution >= 4 is 23.5 Å². The van der Waals surface area contributed by atoms with E-state index in [4.69, 9.17) is 29.4 Å². The lowest BCUT2D eigenvalue weighted by atomic mass is 9.83. The quantitative estimate of drug-likeness (QED) is 0.127. The minimum Gasteiger partial charge on any atom is -0.458 e. The fourth-order valence-corrected chi connectivity index (χ4v) is 8.95. The molecule has 58 heavy (non-hydrogen) atoms. The highest BCUT2D eigenvalue weighted by Gasteiger charge is 2.58. The predicted molar refractivity (Wildman–Crippen MR) is 217 cm³/mol. The number of likely N-dealkylation sites (N-methyl/N-ethyl adjacent to an activating group) is 1. The maximum atomic E-state index is 14.0. The number of ether oxygens (including phenoxy) is 5. The van der Waals surface area contributed by atoms with Crippen molar-refractivity contribution in [2.45, 2.75) is 154 Å². The number of nitrogens with one attached hydrogen (secondary N) is 1. The first-order valence-corrected chi connectivity index (χ1v) is 20.8. The van der Waals surface area contributed by atoms with Gasteiger partial charge >= 0.3 is 12.1 Å². The van der Waals surface area contributed by atoms with E-state index in [2.05, 4.69) is 22.6 Å². The van der Waals surface area contributed by atoms with E-state index in [1.165, 1.54) is 6.92 Å². The normalized spacial score (nSPS) is 35.6. The number of ketones is 1. The monoisotopic (exact) mass is 814 g/mol. The number of aliphatic hydroxyl groups is 1. The lowest BCUT2D eigenvalue weighted by Crippen LogP contribution is -2.61. The molecule has 324 valence electrons. The Morgan fingerprint density at radius 2 is 1.83 bits per heavy atom. The second-order valence-corrected chi connectivity index (χ2v) is 17.3. The minimum absolute atomic E-state index is 0.000667. The van der Waals surface area contributed by atoms with E-state index in [0.717, 1.165) is 11.3 Å². The number of benzene rings is 1. The zero-order chi connectivity index (χ0) is 42.5. The summed E-state index contributed by atoms with van der Waals surface area (Å²) in [6.45, 7) is 14.7. The number of fused-ring (bicyclic) bond motifs is 1. The van der Waals surface area contributed by atoms with Crippen molar-refractivity contribution in [3.63, 3.8) is 0 Å². The zero-order valence-electron chi connectivity index (χ0n) is 36.1. The SMILES string of the molecule is CC[C@H]1OC(=O)[C@H](C)C(=O)C[C@@H](O[C@@H]2O[C@H](C)CC(N(C)C)C2O)[C@@](C)(OC)C[C@@H](C)CN[C@H](C)[C@H]2N(CCCCn3cc(-c4cccc(N)c4)nn3)C(=O)O[C@]12C. The molecule has 16 nitrogen and oxygen atoms in total. The fourth-order valence-electron chi connectivity index (χ4n) is 8.95. The first-order valence-electron chi connectivity index (χ1n) is 20.8. The topological polar surface area (TPSA) is 193 Å². The third-order valence-corrected chi connectivity index (χ3v) is 12.5. The number of nitrogens with two attached hydrogens (primary N) is 1. The summed E-state index contributed by atoms with van der Waals surface area (Å²) in [4.78, 5) is 45.4. The number of nitrogens with zero attached hydrogens (tertiary/aromatic N) is 5. The summed E-state index contributed by atoms with van der Waals surface area (Å²) in [6.07, 6.45) is 0.116. The molecule has 0 bridgehead atoms. The smallest absolute Gasteiger partial charge is 0.410 e. The predicted octanol–water partition coefficient (Wildman–Crippen LogP) is 4.04. The molecular formula is C42H67N7O9. The van der Waals surface area contributed by atoms with Crippen LogP contribution in [-0.2, 0) is 39.8 Å². The second kappa shape index (κ2) is 19.1. The molecule has 4 N–H and O–H groups in total. The lowest BCUT2D eigenvalue weighted by molar-refractivity contribution is -0.289. The molecule has 2 aromatic rings. The number of nitrogen functional groups attached to an aromatic ring is 1. The fraction of sp³-hybridized carbons (Fsp3) is 0.738. The number of carbonyl (C=O) groups excluding carboxylic acids is 3. The summed E-state index contributed by atoms with van der Waals surface area (Å²) in [6, 6.07) is 6.47. The van der Waals surface area contributed by atoms with E-state index in [0.29, 0.717) is 57.4 Å². The molecule has 12 atom stereocenters. The Morgan fingerprint density at radius 1 is 1.10 bits per heavy atom. The summed E-state index contributed by atoms with van der Waals surface area (Å²) in [7, 11) is 5.38. The van der Waals surface area contributed by atoms with Crippen LogP contribution in [0.25, 0.3) is 11.3 Å². The number of aryl methyl sites for hydroxylation is 1. The summed E-state index contributed by atoms with van der Waals surface area (Å²) in [5, 5.41) is 23.6. The van der Waals surface area contributed by atoms with E-state index < -0.39 is 65.6 Å². The summed E-state index contributed by atoms with van der Waals surface area (Å²) in [5.41, 5.74) is 5.98. The van der Waals surface area contributed by atoms with Crippen LogP contribution in [0.2, 0.25) is 0 Å². The minimum atomic E-state index is -1.22. The van der Waals surface area contributed by atoms with Gasteiger partial charge in [-0.25, -0.2) is 4.79 Å². The van der Waals surface area contributed by atoms with Gasteiger partial charge in [0.05, 0.1) is 30.0 Å². The van der Waals surface area contributed by atoms with Crippen LogP contribution in [0, 0.1) is 11.8 Å². The van der Waals surface area contributed by atoms with Crippen molar-refractivity contribution in [3.05, 3.63) is 30.5 Å². The summed E-state index contributed by atoms with van der Waals surface area (Å²) >= 11 is 0. The third kappa shape index (κ3) is 10.2. The van der Waals surface area contributed by atoms with Crippen LogP contribution in [0.5, 0.6) is 0 Å². The van der Waals surface area contributed by atoms with E-state index in [1.807, 2.05) is 84.1 Å². The van der Waals surface area contributed by atoms with Crippen molar-refractivity contribution in [3.8, 4) is 11.3 Å². The molecule has 5 rings (SSSR count). The molecule has 0 aliphatic carbocycles. The van der Waals surface area contributed by atoms with Crippen LogP contribution in [0.3, 0.4) is 0 Å². The lowest BCUT2D eigenvalue weighted by Gasteiger charge is -2.45. The standard InChI is InChI=1S/C42H67N7O9/c1-11-34-42(7)37(49(40(53)58-42)18-13-12-17-48-24-31(45-46-48)29-15-14-16-30(43)20-29)28(5)44-23-25(2)22-41(6,54-10)35(21-33(50)27(4)38(52)56-34)57-39-36(51)32(47(8)9)19-26(3)55-39/h14-16,20,24-28,32,34-37,39,44,51H,11-13,17-19,21-23,43H2,1-10H3/t25-,26-,27-,28-,32?,34-,35-,36?,37-,39+,41+,42-/m1/s1. The molecule has 3 saturated heterocycles. The van der Waals surface area contributed by atoms with Gasteiger partial charge < -0.3 is 44.7 Å². The van der Waals surface area contributed by atoms with Gasteiger partial charge in [-0.05, 0) is 105 Å². The van der Waals surface area contributed by atoms with Gasteiger partial charge in [0.25, 0.3) is 0 Å². The Morgan fingerprint density at radius 3 is 2.50 bits per heavy atom. The number of amides is 1. The number of aromatic nitrogens is 3. The average molecular weight is 814 g/mol. The Kier molecular flexibility index (Phi) is 15.0. The second-order valence-electron chi connectivity index (χ2n) is 17.3. The molecule has 0 radical (unpaired) electrons. The average Bonchev–Trinajstić information content (AvgIpc) is 3.76.